The van der Waals surface area contributed by atoms with Gasteiger partial charge in [0.1, 0.15) is 5.82 Å². The highest BCUT2D eigenvalue weighted by molar-refractivity contribution is 5.87. The molecular formula is C13H16N2. The molecule has 0 aliphatic rings. The Morgan fingerprint density at radius 1 is 1.20 bits per heavy atom. The van der Waals surface area contributed by atoms with Gasteiger partial charge in [-0.15, -0.1) is 0 Å². The number of hydrogen-bond acceptors (Lipinski definition) is 2. The Morgan fingerprint density at radius 3 is 2.60 bits per heavy atom. The van der Waals surface area contributed by atoms with Gasteiger partial charge in [0.2, 0.25) is 0 Å². The molecule has 0 unspecified atom stereocenters. The standard InChI is InChI=1S/C13H16N2/c1-9(2)13-11-7-5-4-6-10(11)8-12(14-3)15-13/h4-9H,1-3H3,(H,14,15). The topological polar surface area (TPSA) is 24.9 Å². The number of rotatable bonds is 2. The molecule has 2 nitrogen and oxygen atoms in total. The Labute approximate surface area is 90.3 Å². The Morgan fingerprint density at radius 2 is 1.93 bits per heavy atom. The average Bonchev–Trinajstić information content (AvgIpc) is 2.27. The average molecular weight is 200 g/mol. The van der Waals surface area contributed by atoms with E-state index in [9.17, 15) is 0 Å². The Kier molecular flexibility index (Phi) is 2.58. The van der Waals surface area contributed by atoms with Crippen molar-refractivity contribution in [3.63, 3.8) is 0 Å². The monoisotopic (exact) mass is 200 g/mol. The van der Waals surface area contributed by atoms with Gasteiger partial charge in [-0.2, -0.15) is 0 Å². The minimum atomic E-state index is 0.447. The number of hydrogen-bond donors (Lipinski definition) is 1. The highest BCUT2D eigenvalue weighted by atomic mass is 15.0. The molecule has 0 aliphatic carbocycles. The van der Waals surface area contributed by atoms with Gasteiger partial charge < -0.3 is 5.32 Å². The fourth-order valence-electron chi connectivity index (χ4n) is 1.79. The lowest BCUT2D eigenvalue weighted by Gasteiger charge is -2.11. The van der Waals surface area contributed by atoms with Crippen LogP contribution in [-0.2, 0) is 0 Å². The van der Waals surface area contributed by atoms with Crippen molar-refractivity contribution < 1.29 is 0 Å². The number of fused-ring (bicyclic) bond motifs is 1. The summed E-state index contributed by atoms with van der Waals surface area (Å²) in [5, 5.41) is 5.61. The van der Waals surface area contributed by atoms with Crippen LogP contribution < -0.4 is 5.32 Å². The van der Waals surface area contributed by atoms with Crippen LogP contribution >= 0.6 is 0 Å². The van der Waals surface area contributed by atoms with Crippen LogP contribution in [0.2, 0.25) is 0 Å². The molecule has 0 spiro atoms. The summed E-state index contributed by atoms with van der Waals surface area (Å²) >= 11 is 0. The highest BCUT2D eigenvalue weighted by Gasteiger charge is 2.07. The maximum Gasteiger partial charge on any atom is 0.126 e. The quantitative estimate of drug-likeness (QED) is 0.803. The van der Waals surface area contributed by atoms with E-state index in [2.05, 4.69) is 54.5 Å². The highest BCUT2D eigenvalue weighted by Crippen LogP contribution is 2.25. The van der Waals surface area contributed by atoms with Crippen molar-refractivity contribution in [3.8, 4) is 0 Å². The number of nitrogens with zero attached hydrogens (tertiary/aromatic N) is 1. The van der Waals surface area contributed by atoms with E-state index >= 15 is 0 Å². The van der Waals surface area contributed by atoms with Gasteiger partial charge in [-0.1, -0.05) is 38.1 Å². The van der Waals surface area contributed by atoms with Crippen LogP contribution in [-0.4, -0.2) is 12.0 Å². The first kappa shape index (κ1) is 9.97. The van der Waals surface area contributed by atoms with Crippen LogP contribution in [0, 0.1) is 0 Å². The normalized spacial score (nSPS) is 10.9. The van der Waals surface area contributed by atoms with E-state index in [0.717, 1.165) is 11.5 Å². The van der Waals surface area contributed by atoms with Crippen LogP contribution in [0.3, 0.4) is 0 Å². The van der Waals surface area contributed by atoms with E-state index < -0.39 is 0 Å². The molecule has 0 aliphatic heterocycles. The largest absolute Gasteiger partial charge is 0.373 e. The number of pyridine rings is 1. The van der Waals surface area contributed by atoms with Crippen LogP contribution in [0.25, 0.3) is 10.8 Å². The zero-order chi connectivity index (χ0) is 10.8. The van der Waals surface area contributed by atoms with Crippen molar-refractivity contribution in [3.05, 3.63) is 36.0 Å². The third-order valence-corrected chi connectivity index (χ3v) is 2.57. The van der Waals surface area contributed by atoms with Crippen molar-refractivity contribution in [2.45, 2.75) is 19.8 Å². The Balaban J connectivity index is 2.74. The van der Waals surface area contributed by atoms with E-state index in [4.69, 9.17) is 0 Å². The van der Waals surface area contributed by atoms with Crippen LogP contribution in [0.4, 0.5) is 5.82 Å². The molecule has 0 bridgehead atoms. The maximum absolute atomic E-state index is 4.61. The molecule has 2 rings (SSSR count). The van der Waals surface area contributed by atoms with Crippen LogP contribution in [0.15, 0.2) is 30.3 Å². The molecule has 2 aromatic rings. The Hall–Kier alpha value is -1.57. The lowest BCUT2D eigenvalue weighted by molar-refractivity contribution is 0.836. The maximum atomic E-state index is 4.61. The molecule has 0 saturated carbocycles. The molecule has 0 fully saturated rings. The molecule has 1 aromatic heterocycles. The van der Waals surface area contributed by atoms with E-state index in [1.165, 1.54) is 10.8 Å². The van der Waals surface area contributed by atoms with Gasteiger partial charge >= 0.3 is 0 Å². The molecule has 15 heavy (non-hydrogen) atoms. The van der Waals surface area contributed by atoms with Crippen LogP contribution in [0.1, 0.15) is 25.5 Å². The molecule has 0 amide bonds. The first-order chi connectivity index (χ1) is 7.22. The predicted molar refractivity (Wildman–Crippen MR) is 65.4 cm³/mol. The van der Waals surface area contributed by atoms with Gasteiger partial charge in [0.05, 0.1) is 5.69 Å². The van der Waals surface area contributed by atoms with E-state index in [-0.39, 0.29) is 0 Å². The molecule has 0 radical (unpaired) electrons. The third-order valence-electron chi connectivity index (χ3n) is 2.57. The second-order valence-electron chi connectivity index (χ2n) is 4.02. The minimum Gasteiger partial charge on any atom is -0.373 e. The van der Waals surface area contributed by atoms with Gasteiger partial charge in [-0.3, -0.25) is 0 Å². The summed E-state index contributed by atoms with van der Waals surface area (Å²) in [6, 6.07) is 10.5. The molecule has 1 aromatic carbocycles. The molecule has 0 atom stereocenters. The second-order valence-corrected chi connectivity index (χ2v) is 4.02. The summed E-state index contributed by atoms with van der Waals surface area (Å²) in [7, 11) is 1.90. The van der Waals surface area contributed by atoms with Crippen molar-refractivity contribution in [1.82, 2.24) is 4.98 Å². The molecule has 1 N–H and O–H groups in total. The van der Waals surface area contributed by atoms with Gasteiger partial charge in [-0.25, -0.2) is 4.98 Å². The van der Waals surface area contributed by atoms with Crippen molar-refractivity contribution in [1.29, 1.82) is 0 Å². The fourth-order valence-corrected chi connectivity index (χ4v) is 1.79. The second kappa shape index (κ2) is 3.89. The summed E-state index contributed by atoms with van der Waals surface area (Å²) in [4.78, 5) is 4.61. The van der Waals surface area contributed by atoms with Crippen molar-refractivity contribution >= 4 is 16.6 Å². The number of aromatic nitrogens is 1. The summed E-state index contributed by atoms with van der Waals surface area (Å²) < 4.78 is 0. The van der Waals surface area contributed by atoms with Gasteiger partial charge in [-0.05, 0) is 17.4 Å². The molecule has 1 heterocycles. The third kappa shape index (κ3) is 1.80. The smallest absolute Gasteiger partial charge is 0.126 e. The number of nitrogens with one attached hydrogen (secondary N) is 1. The fraction of sp³-hybridized carbons (Fsp3) is 0.308. The van der Waals surface area contributed by atoms with Gasteiger partial charge in [0.15, 0.2) is 0 Å². The zero-order valence-corrected chi connectivity index (χ0v) is 9.41. The molecule has 0 saturated heterocycles. The first-order valence-electron chi connectivity index (χ1n) is 5.30. The lowest BCUT2D eigenvalue weighted by Crippen LogP contribution is -1.99. The predicted octanol–water partition coefficient (Wildman–Crippen LogP) is 3.40. The molecule has 2 heteroatoms. The summed E-state index contributed by atoms with van der Waals surface area (Å²) in [6.45, 7) is 4.35. The molecular weight excluding hydrogens is 184 g/mol. The summed E-state index contributed by atoms with van der Waals surface area (Å²) in [5.41, 5.74) is 1.16. The van der Waals surface area contributed by atoms with Gasteiger partial charge in [0.25, 0.3) is 0 Å². The molecule has 78 valence electrons. The van der Waals surface area contributed by atoms with E-state index in [1.54, 1.807) is 0 Å². The number of anilines is 1. The summed E-state index contributed by atoms with van der Waals surface area (Å²) in [5.74, 6) is 1.39. The van der Waals surface area contributed by atoms with E-state index in [1.807, 2.05) is 7.05 Å². The van der Waals surface area contributed by atoms with Crippen LogP contribution in [0.5, 0.6) is 0 Å². The van der Waals surface area contributed by atoms with Crippen molar-refractivity contribution in [2.24, 2.45) is 0 Å². The zero-order valence-electron chi connectivity index (χ0n) is 9.41. The first-order valence-corrected chi connectivity index (χ1v) is 5.30. The number of benzene rings is 1. The Bertz CT molecular complexity index is 475. The van der Waals surface area contributed by atoms with E-state index in [0.29, 0.717) is 5.92 Å². The van der Waals surface area contributed by atoms with Crippen molar-refractivity contribution in [2.75, 3.05) is 12.4 Å². The lowest BCUT2D eigenvalue weighted by atomic mass is 10.0. The van der Waals surface area contributed by atoms with Gasteiger partial charge in [0, 0.05) is 12.4 Å². The SMILES string of the molecule is CNc1cc2ccccc2c(C(C)C)n1. The summed E-state index contributed by atoms with van der Waals surface area (Å²) in [6.07, 6.45) is 0. The minimum absolute atomic E-state index is 0.447.